The minimum absolute atomic E-state index is 0.104. The normalized spacial score (nSPS) is 16.0. The van der Waals surface area contributed by atoms with E-state index in [0.717, 1.165) is 62.8 Å². The Labute approximate surface area is 199 Å². The lowest BCUT2D eigenvalue weighted by Crippen LogP contribution is -2.41. The van der Waals surface area contributed by atoms with Gasteiger partial charge in [-0.1, -0.05) is 6.42 Å². The third-order valence-corrected chi connectivity index (χ3v) is 6.22. The molecule has 0 radical (unpaired) electrons. The van der Waals surface area contributed by atoms with Crippen LogP contribution in [0.4, 0.5) is 5.69 Å². The van der Waals surface area contributed by atoms with Crippen molar-refractivity contribution < 1.29 is 9.59 Å². The number of rotatable bonds is 3. The molecule has 0 saturated carbocycles. The van der Waals surface area contributed by atoms with Gasteiger partial charge in [-0.15, -0.1) is 24.2 Å². The van der Waals surface area contributed by atoms with Crippen LogP contribution < -0.4 is 11.1 Å². The summed E-state index contributed by atoms with van der Waals surface area (Å²) in [6.45, 7) is 2.82. The Bertz CT molecular complexity index is 1020. The van der Waals surface area contributed by atoms with Crippen LogP contribution in [0.2, 0.25) is 0 Å². The van der Waals surface area contributed by atoms with Gasteiger partial charge in [0.05, 0.1) is 12.2 Å². The molecule has 1 aromatic carbocycles. The molecule has 4 rings (SSSR count). The SMILES string of the molecule is C#C.N#CNC(N)=Nc1ccc2sccc2c1.O=C(CN1CCCCCC1=O)N1CCCC1. The average Bonchev–Trinajstić information content (AvgIpc) is 3.48. The first-order valence-corrected chi connectivity index (χ1v) is 11.8. The number of terminal acetylenes is 1. The van der Waals surface area contributed by atoms with E-state index in [4.69, 9.17) is 11.0 Å². The second-order valence-corrected chi connectivity index (χ2v) is 8.54. The average molecular weight is 467 g/mol. The molecular weight excluding hydrogens is 436 g/mol. The second-order valence-electron chi connectivity index (χ2n) is 7.59. The quantitative estimate of drug-likeness (QED) is 0.237. The largest absolute Gasteiger partial charge is 0.369 e. The van der Waals surface area contributed by atoms with Gasteiger partial charge in [-0.2, -0.15) is 5.26 Å². The van der Waals surface area contributed by atoms with Crippen molar-refractivity contribution >= 4 is 44.9 Å². The molecule has 33 heavy (non-hydrogen) atoms. The predicted octanol–water partition coefficient (Wildman–Crippen LogP) is 3.18. The Morgan fingerprint density at radius 2 is 1.88 bits per heavy atom. The lowest BCUT2D eigenvalue weighted by Gasteiger charge is -2.23. The van der Waals surface area contributed by atoms with Gasteiger partial charge in [0.2, 0.25) is 17.8 Å². The van der Waals surface area contributed by atoms with Crippen molar-refractivity contribution in [3.63, 3.8) is 0 Å². The molecule has 2 fully saturated rings. The van der Waals surface area contributed by atoms with E-state index in [9.17, 15) is 9.59 Å². The number of carbonyl (C=O) groups is 2. The highest BCUT2D eigenvalue weighted by molar-refractivity contribution is 7.17. The molecule has 0 spiro atoms. The number of amides is 2. The predicted molar refractivity (Wildman–Crippen MR) is 133 cm³/mol. The number of thiophene rings is 1. The third kappa shape index (κ3) is 8.13. The Hall–Kier alpha value is -3.56. The topological polar surface area (TPSA) is 115 Å². The van der Waals surface area contributed by atoms with Crippen LogP contribution in [-0.2, 0) is 9.59 Å². The summed E-state index contributed by atoms with van der Waals surface area (Å²) in [7, 11) is 0. The number of fused-ring (bicyclic) bond motifs is 1. The number of nitrogens with two attached hydrogens (primary N) is 1. The number of benzene rings is 1. The van der Waals surface area contributed by atoms with E-state index in [1.54, 1.807) is 22.4 Å². The number of likely N-dealkylation sites (tertiary alicyclic amines) is 2. The lowest BCUT2D eigenvalue weighted by atomic mass is 10.2. The summed E-state index contributed by atoms with van der Waals surface area (Å²) < 4.78 is 1.21. The Morgan fingerprint density at radius 1 is 1.15 bits per heavy atom. The number of hydrogen-bond donors (Lipinski definition) is 2. The summed E-state index contributed by atoms with van der Waals surface area (Å²) >= 11 is 1.68. The van der Waals surface area contributed by atoms with E-state index in [-0.39, 0.29) is 17.8 Å². The number of nitriles is 1. The molecule has 2 amide bonds. The van der Waals surface area contributed by atoms with Gasteiger partial charge in [-0.05, 0) is 60.7 Å². The van der Waals surface area contributed by atoms with Crippen molar-refractivity contribution in [3.8, 4) is 19.0 Å². The lowest BCUT2D eigenvalue weighted by molar-refractivity contribution is -0.139. The number of carbonyl (C=O) groups excluding carboxylic acids is 2. The van der Waals surface area contributed by atoms with Crippen molar-refractivity contribution in [1.82, 2.24) is 15.1 Å². The molecular formula is C24H30N6O2S. The third-order valence-electron chi connectivity index (χ3n) is 5.33. The van der Waals surface area contributed by atoms with Gasteiger partial charge in [-0.25, -0.2) is 4.99 Å². The molecule has 2 aliphatic heterocycles. The fourth-order valence-electron chi connectivity index (χ4n) is 3.68. The van der Waals surface area contributed by atoms with E-state index in [1.165, 1.54) is 4.70 Å². The van der Waals surface area contributed by atoms with Crippen molar-refractivity contribution in [1.29, 1.82) is 5.26 Å². The van der Waals surface area contributed by atoms with Gasteiger partial charge in [0.1, 0.15) is 0 Å². The first-order valence-electron chi connectivity index (χ1n) is 10.9. The molecule has 3 heterocycles. The minimum atomic E-state index is 0.104. The van der Waals surface area contributed by atoms with E-state index in [2.05, 4.69) is 23.2 Å². The molecule has 0 aliphatic carbocycles. The number of hydrogen-bond acceptors (Lipinski definition) is 5. The molecule has 8 nitrogen and oxygen atoms in total. The van der Waals surface area contributed by atoms with E-state index >= 15 is 0 Å². The van der Waals surface area contributed by atoms with Crippen LogP contribution in [0.25, 0.3) is 10.1 Å². The minimum Gasteiger partial charge on any atom is -0.369 e. The fourth-order valence-corrected chi connectivity index (χ4v) is 4.45. The highest BCUT2D eigenvalue weighted by atomic mass is 32.1. The summed E-state index contributed by atoms with van der Waals surface area (Å²) in [5.74, 6) is 0.393. The summed E-state index contributed by atoms with van der Waals surface area (Å²) in [6.07, 6.45) is 15.7. The molecule has 9 heteroatoms. The molecule has 0 bridgehead atoms. The molecule has 1 aromatic heterocycles. The Kier molecular flexibility index (Phi) is 10.7. The maximum absolute atomic E-state index is 11.9. The second kappa shape index (κ2) is 13.8. The van der Waals surface area contributed by atoms with Crippen LogP contribution in [-0.4, -0.2) is 53.8 Å². The molecule has 0 atom stereocenters. The summed E-state index contributed by atoms with van der Waals surface area (Å²) in [5.41, 5.74) is 6.19. The Balaban J connectivity index is 0.000000218. The van der Waals surface area contributed by atoms with E-state index < -0.39 is 0 Å². The summed E-state index contributed by atoms with van der Waals surface area (Å²) in [6, 6.07) is 7.80. The number of nitrogens with zero attached hydrogens (tertiary/aromatic N) is 4. The van der Waals surface area contributed by atoms with Crippen LogP contribution in [0, 0.1) is 24.3 Å². The maximum Gasteiger partial charge on any atom is 0.242 e. The maximum atomic E-state index is 11.9. The first-order chi connectivity index (χ1) is 16.1. The van der Waals surface area contributed by atoms with E-state index in [1.807, 2.05) is 34.5 Å². The zero-order valence-electron chi connectivity index (χ0n) is 18.7. The molecule has 2 aliphatic rings. The molecule has 3 N–H and O–H groups in total. The summed E-state index contributed by atoms with van der Waals surface area (Å²) in [5, 5.41) is 13.8. The molecule has 2 saturated heterocycles. The van der Waals surface area contributed by atoms with Gasteiger partial charge in [0, 0.05) is 30.8 Å². The smallest absolute Gasteiger partial charge is 0.242 e. The van der Waals surface area contributed by atoms with Crippen LogP contribution in [0.15, 0.2) is 34.6 Å². The van der Waals surface area contributed by atoms with Crippen LogP contribution >= 0.6 is 11.3 Å². The number of nitrogens with one attached hydrogen (secondary N) is 1. The van der Waals surface area contributed by atoms with Crippen molar-refractivity contribution in [2.45, 2.75) is 38.5 Å². The van der Waals surface area contributed by atoms with Gasteiger partial charge >= 0.3 is 0 Å². The highest BCUT2D eigenvalue weighted by Gasteiger charge is 2.23. The van der Waals surface area contributed by atoms with Gasteiger partial charge in [0.15, 0.2) is 6.19 Å². The monoisotopic (exact) mass is 466 g/mol. The summed E-state index contributed by atoms with van der Waals surface area (Å²) in [4.78, 5) is 31.3. The van der Waals surface area contributed by atoms with Crippen molar-refractivity contribution in [2.75, 3.05) is 26.2 Å². The zero-order chi connectivity index (χ0) is 24.1. The molecule has 2 aromatic rings. The fraction of sp³-hybridized carbons (Fsp3) is 0.417. The zero-order valence-corrected chi connectivity index (χ0v) is 19.5. The Morgan fingerprint density at radius 3 is 2.61 bits per heavy atom. The number of guanidine groups is 1. The van der Waals surface area contributed by atoms with Crippen LogP contribution in [0.5, 0.6) is 0 Å². The number of aliphatic imine (C=N–C) groups is 1. The standard InChI is InChI=1S/C12H20N2O2.C10H8N4S.C2H2/c15-11-6-2-1-3-9-14(11)10-12(16)13-7-4-5-8-13;11-6-13-10(12)14-8-1-2-9-7(5-8)3-4-15-9;1-2/h1-10H2;1-5H,(H3,12,13,14);1-2H. The van der Waals surface area contributed by atoms with Gasteiger partial charge in [0.25, 0.3) is 0 Å². The van der Waals surface area contributed by atoms with Crippen LogP contribution in [0.1, 0.15) is 38.5 Å². The van der Waals surface area contributed by atoms with Crippen LogP contribution in [0.3, 0.4) is 0 Å². The highest BCUT2D eigenvalue weighted by Crippen LogP contribution is 2.25. The van der Waals surface area contributed by atoms with Crippen molar-refractivity contribution in [3.05, 3.63) is 29.6 Å². The van der Waals surface area contributed by atoms with Crippen molar-refractivity contribution in [2.24, 2.45) is 10.7 Å². The first kappa shape index (κ1) is 25.7. The van der Waals surface area contributed by atoms with E-state index in [0.29, 0.717) is 13.0 Å². The molecule has 174 valence electrons. The molecule has 0 unspecified atom stereocenters. The van der Waals surface area contributed by atoms with Gasteiger partial charge in [-0.3, -0.25) is 14.9 Å². The van der Waals surface area contributed by atoms with Gasteiger partial charge < -0.3 is 15.5 Å².